The smallest absolute Gasteiger partial charge is 0.0714 e. The maximum absolute atomic E-state index is 12.3. The van der Waals surface area contributed by atoms with Crippen LogP contribution in [0, 0.1) is 46.3 Å². The number of hydrogen-bond acceptors (Lipinski definition) is 2. The maximum Gasteiger partial charge on any atom is 0.0714 e. The summed E-state index contributed by atoms with van der Waals surface area (Å²) in [6.07, 6.45) is 14.2. The van der Waals surface area contributed by atoms with Gasteiger partial charge in [0, 0.05) is 0 Å². The van der Waals surface area contributed by atoms with Crippen LogP contribution in [-0.4, -0.2) is 21.9 Å². The second kappa shape index (κ2) is 7.80. The van der Waals surface area contributed by atoms with E-state index < -0.39 is 5.60 Å². The molecule has 4 aliphatic carbocycles. The maximum atomic E-state index is 12.3. The summed E-state index contributed by atoms with van der Waals surface area (Å²) in [5.41, 5.74) is 0.126. The van der Waals surface area contributed by atoms with E-state index >= 15 is 0 Å². The summed E-state index contributed by atoms with van der Waals surface area (Å²) in [6, 6.07) is 0. The van der Waals surface area contributed by atoms with Gasteiger partial charge in [-0.05, 0) is 104 Å². The molecule has 4 saturated carbocycles. The first-order valence-corrected chi connectivity index (χ1v) is 13.0. The van der Waals surface area contributed by atoms with Gasteiger partial charge in [-0.1, -0.05) is 53.9 Å². The van der Waals surface area contributed by atoms with Crippen molar-refractivity contribution in [1.29, 1.82) is 0 Å². The summed E-state index contributed by atoms with van der Waals surface area (Å²) in [5.74, 6) is 3.97. The first-order chi connectivity index (χ1) is 13.6. The van der Waals surface area contributed by atoms with E-state index in [0.29, 0.717) is 23.2 Å². The molecule has 0 aromatic rings. The van der Waals surface area contributed by atoms with Crippen LogP contribution in [0.3, 0.4) is 0 Å². The molecule has 0 aromatic carbocycles. The zero-order valence-electron chi connectivity index (χ0n) is 19.9. The van der Waals surface area contributed by atoms with Gasteiger partial charge < -0.3 is 10.2 Å². The Labute approximate surface area is 180 Å². The molecule has 0 spiro atoms. The summed E-state index contributed by atoms with van der Waals surface area (Å²) in [4.78, 5) is 0. The predicted octanol–water partition coefficient (Wildman–Crippen LogP) is 6.58. The first-order valence-electron chi connectivity index (χ1n) is 13.0. The molecule has 0 bridgehead atoms. The lowest BCUT2D eigenvalue weighted by molar-refractivity contribution is -0.227. The quantitative estimate of drug-likeness (QED) is 0.543. The number of aliphatic hydroxyl groups excluding tert-OH is 1. The van der Waals surface area contributed by atoms with Crippen LogP contribution >= 0.6 is 0 Å². The second-order valence-corrected chi connectivity index (χ2v) is 12.8. The van der Waals surface area contributed by atoms with E-state index in [4.69, 9.17) is 0 Å². The van der Waals surface area contributed by atoms with Crippen LogP contribution in [0.5, 0.6) is 0 Å². The van der Waals surface area contributed by atoms with Crippen LogP contribution in [-0.2, 0) is 0 Å². The van der Waals surface area contributed by atoms with Gasteiger partial charge in [0.2, 0.25) is 0 Å². The van der Waals surface area contributed by atoms with Crippen molar-refractivity contribution in [1.82, 2.24) is 0 Å². The fourth-order valence-corrected chi connectivity index (χ4v) is 9.33. The van der Waals surface area contributed by atoms with Crippen molar-refractivity contribution >= 4 is 0 Å². The van der Waals surface area contributed by atoms with Crippen molar-refractivity contribution in [3.05, 3.63) is 0 Å². The second-order valence-electron chi connectivity index (χ2n) is 12.8. The van der Waals surface area contributed by atoms with E-state index in [1.165, 1.54) is 44.9 Å². The fraction of sp³-hybridized carbons (Fsp3) is 1.00. The van der Waals surface area contributed by atoms with Gasteiger partial charge in [-0.25, -0.2) is 0 Å². The van der Waals surface area contributed by atoms with Gasteiger partial charge >= 0.3 is 0 Å². The van der Waals surface area contributed by atoms with E-state index in [9.17, 15) is 10.2 Å². The molecular formula is C27H48O2. The Morgan fingerprint density at radius 1 is 0.828 bits per heavy atom. The molecular weight excluding hydrogens is 356 g/mol. The Hall–Kier alpha value is -0.0800. The molecule has 4 aliphatic rings. The number of aliphatic hydroxyl groups is 2. The minimum Gasteiger partial charge on any atom is -0.393 e. The summed E-state index contributed by atoms with van der Waals surface area (Å²) in [5, 5.41) is 22.5. The summed E-state index contributed by atoms with van der Waals surface area (Å²) < 4.78 is 0. The van der Waals surface area contributed by atoms with Gasteiger partial charge in [-0.2, -0.15) is 0 Å². The lowest BCUT2D eigenvalue weighted by atomic mass is 9.42. The summed E-state index contributed by atoms with van der Waals surface area (Å²) in [7, 11) is 0. The summed E-state index contributed by atoms with van der Waals surface area (Å²) >= 11 is 0. The Balaban J connectivity index is 1.52. The molecule has 0 aliphatic heterocycles. The van der Waals surface area contributed by atoms with Crippen LogP contribution in [0.25, 0.3) is 0 Å². The van der Waals surface area contributed by atoms with Crippen molar-refractivity contribution < 1.29 is 10.2 Å². The molecule has 9 atom stereocenters. The van der Waals surface area contributed by atoms with E-state index in [1.54, 1.807) is 0 Å². The first kappa shape index (κ1) is 22.1. The topological polar surface area (TPSA) is 40.5 Å². The van der Waals surface area contributed by atoms with Gasteiger partial charge in [0.1, 0.15) is 0 Å². The SMILES string of the molecule is CC(C)CCC[C@@H](C)[C@H]1CC[C@H]2C3(O)CCC4CC(O)CC[C@]4(C)[C@H]3CC[C@]12C. The van der Waals surface area contributed by atoms with Crippen molar-refractivity contribution in [2.75, 3.05) is 0 Å². The molecule has 0 aromatic heterocycles. The zero-order chi connectivity index (χ0) is 21.0. The fourth-order valence-electron chi connectivity index (χ4n) is 9.33. The van der Waals surface area contributed by atoms with Crippen LogP contribution in [0.1, 0.15) is 112 Å². The van der Waals surface area contributed by atoms with E-state index in [-0.39, 0.29) is 11.5 Å². The van der Waals surface area contributed by atoms with Crippen LogP contribution in [0.4, 0.5) is 0 Å². The van der Waals surface area contributed by atoms with Crippen molar-refractivity contribution in [3.8, 4) is 0 Å². The molecule has 2 nitrogen and oxygen atoms in total. The highest BCUT2D eigenvalue weighted by Gasteiger charge is 2.66. The average Bonchev–Trinajstić information content (AvgIpc) is 3.00. The highest BCUT2D eigenvalue weighted by atomic mass is 16.3. The lowest BCUT2D eigenvalue weighted by Gasteiger charge is -2.64. The molecule has 168 valence electrons. The van der Waals surface area contributed by atoms with Crippen LogP contribution < -0.4 is 0 Å². The van der Waals surface area contributed by atoms with Crippen LogP contribution in [0.15, 0.2) is 0 Å². The third kappa shape index (κ3) is 3.53. The van der Waals surface area contributed by atoms with E-state index in [2.05, 4.69) is 34.6 Å². The number of hydrogen-bond donors (Lipinski definition) is 2. The zero-order valence-corrected chi connectivity index (χ0v) is 19.9. The molecule has 2 N–H and O–H groups in total. The van der Waals surface area contributed by atoms with E-state index in [0.717, 1.165) is 49.9 Å². The molecule has 4 fully saturated rings. The molecule has 0 radical (unpaired) electrons. The largest absolute Gasteiger partial charge is 0.393 e. The van der Waals surface area contributed by atoms with Crippen molar-refractivity contribution in [2.24, 2.45) is 46.3 Å². The third-order valence-electron chi connectivity index (χ3n) is 10.9. The molecule has 3 unspecified atom stereocenters. The highest BCUT2D eigenvalue weighted by molar-refractivity contribution is 5.16. The molecule has 29 heavy (non-hydrogen) atoms. The molecule has 0 amide bonds. The average molecular weight is 405 g/mol. The van der Waals surface area contributed by atoms with Gasteiger partial charge in [0.15, 0.2) is 0 Å². The normalized spacial score (nSPS) is 50.7. The Bertz CT molecular complexity index is 587. The molecule has 4 rings (SSSR count). The monoisotopic (exact) mass is 404 g/mol. The van der Waals surface area contributed by atoms with Gasteiger partial charge in [-0.3, -0.25) is 0 Å². The minimum atomic E-state index is -0.451. The van der Waals surface area contributed by atoms with E-state index in [1.807, 2.05) is 0 Å². The van der Waals surface area contributed by atoms with Crippen LogP contribution in [0.2, 0.25) is 0 Å². The molecule has 0 heterocycles. The molecule has 0 saturated heterocycles. The highest BCUT2D eigenvalue weighted by Crippen LogP contribution is 2.69. The summed E-state index contributed by atoms with van der Waals surface area (Å²) in [6.45, 7) is 12.2. The third-order valence-corrected chi connectivity index (χ3v) is 10.9. The Morgan fingerprint density at radius 2 is 1.52 bits per heavy atom. The predicted molar refractivity (Wildman–Crippen MR) is 121 cm³/mol. The lowest BCUT2D eigenvalue weighted by Crippen LogP contribution is -2.64. The van der Waals surface area contributed by atoms with Crippen molar-refractivity contribution in [3.63, 3.8) is 0 Å². The Morgan fingerprint density at radius 3 is 2.24 bits per heavy atom. The molecule has 2 heteroatoms. The Kier molecular flexibility index (Phi) is 5.95. The minimum absolute atomic E-state index is 0.101. The van der Waals surface area contributed by atoms with Crippen molar-refractivity contribution in [2.45, 2.75) is 123 Å². The van der Waals surface area contributed by atoms with Gasteiger partial charge in [0.25, 0.3) is 0 Å². The number of fused-ring (bicyclic) bond motifs is 5. The van der Waals surface area contributed by atoms with Gasteiger partial charge in [0.05, 0.1) is 11.7 Å². The number of rotatable bonds is 5. The van der Waals surface area contributed by atoms with Gasteiger partial charge in [-0.15, -0.1) is 0 Å². The standard InChI is InChI=1S/C27H48O2/c1-18(2)7-6-8-19(3)22-9-10-23-26(22,5)15-13-24-25(4)14-12-21(28)17-20(25)11-16-27(23,24)29/h18-24,28-29H,6-17H2,1-5H3/t19-,20?,21?,22-,23-,24-,25+,26-,27?/m1/s1.